The Morgan fingerprint density at radius 2 is 1.71 bits per heavy atom. The molecule has 0 N–H and O–H groups in total. The Morgan fingerprint density at radius 3 is 2.39 bits per heavy atom. The number of rotatable bonds is 9. The standard InChI is InChI=1S/C28H23ClF3NO5/c1-3-36-25(34)16-37-21-6-4-5-18(13-21)15-33-17(2)26(27(35)19-7-9-20(29)10-8-19)23-12-11-22(14-24(23)33)38-28(30,31)32/h4-14H,3,15-16H2,1-2H3. The number of esters is 1. The van der Waals surface area contributed by atoms with Gasteiger partial charge in [0.15, 0.2) is 12.4 Å². The molecule has 0 aliphatic rings. The van der Waals surface area contributed by atoms with Crippen molar-refractivity contribution in [2.45, 2.75) is 26.8 Å². The van der Waals surface area contributed by atoms with Crippen LogP contribution in [0.2, 0.25) is 5.02 Å². The molecule has 0 aliphatic carbocycles. The number of ketones is 1. The summed E-state index contributed by atoms with van der Waals surface area (Å²) in [7, 11) is 0. The predicted molar refractivity (Wildman–Crippen MR) is 136 cm³/mol. The smallest absolute Gasteiger partial charge is 0.482 e. The van der Waals surface area contributed by atoms with E-state index in [9.17, 15) is 22.8 Å². The average molecular weight is 546 g/mol. The summed E-state index contributed by atoms with van der Waals surface area (Å²) in [6.07, 6.45) is -4.87. The van der Waals surface area contributed by atoms with E-state index in [0.29, 0.717) is 38.5 Å². The first kappa shape index (κ1) is 27.1. The van der Waals surface area contributed by atoms with Gasteiger partial charge >= 0.3 is 12.3 Å². The van der Waals surface area contributed by atoms with Crippen LogP contribution in [0.3, 0.4) is 0 Å². The van der Waals surface area contributed by atoms with Gasteiger partial charge in [-0.15, -0.1) is 13.2 Å². The topological polar surface area (TPSA) is 66.8 Å². The fraction of sp³-hybridized carbons (Fsp3) is 0.214. The molecule has 0 fully saturated rings. The molecule has 1 aromatic heterocycles. The lowest BCUT2D eigenvalue weighted by molar-refractivity contribution is -0.274. The predicted octanol–water partition coefficient (Wildman–Crippen LogP) is 6.72. The minimum atomic E-state index is -4.87. The van der Waals surface area contributed by atoms with E-state index in [4.69, 9.17) is 21.1 Å². The van der Waals surface area contributed by atoms with Crippen LogP contribution in [-0.2, 0) is 16.1 Å². The molecule has 0 saturated heterocycles. The van der Waals surface area contributed by atoms with Crippen molar-refractivity contribution < 1.29 is 37.0 Å². The summed E-state index contributed by atoms with van der Waals surface area (Å²) in [4.78, 5) is 25.1. The number of hydrogen-bond donors (Lipinski definition) is 0. The van der Waals surface area contributed by atoms with E-state index in [2.05, 4.69) is 4.74 Å². The number of halogens is 4. The first-order valence-corrected chi connectivity index (χ1v) is 12.0. The molecule has 0 aliphatic heterocycles. The molecule has 0 atom stereocenters. The Bertz CT molecular complexity index is 1480. The maximum absolute atomic E-state index is 13.5. The van der Waals surface area contributed by atoms with E-state index >= 15 is 0 Å². The van der Waals surface area contributed by atoms with Gasteiger partial charge in [0, 0.05) is 34.3 Å². The van der Waals surface area contributed by atoms with Crippen molar-refractivity contribution in [3.8, 4) is 11.5 Å². The monoisotopic (exact) mass is 545 g/mol. The number of carbonyl (C=O) groups excluding carboxylic acids is 2. The zero-order valence-electron chi connectivity index (χ0n) is 20.5. The molecule has 6 nitrogen and oxygen atoms in total. The van der Waals surface area contributed by atoms with Crippen LogP contribution in [-0.4, -0.2) is 35.9 Å². The van der Waals surface area contributed by atoms with Gasteiger partial charge in [0.1, 0.15) is 11.5 Å². The van der Waals surface area contributed by atoms with E-state index < -0.39 is 18.1 Å². The third kappa shape index (κ3) is 6.28. The third-order valence-corrected chi connectivity index (χ3v) is 6.02. The van der Waals surface area contributed by atoms with Crippen LogP contribution in [0, 0.1) is 6.92 Å². The lowest BCUT2D eigenvalue weighted by atomic mass is 10.0. The first-order chi connectivity index (χ1) is 18.1. The van der Waals surface area contributed by atoms with Crippen molar-refractivity contribution in [1.82, 2.24) is 4.57 Å². The molecule has 198 valence electrons. The average Bonchev–Trinajstić information content (AvgIpc) is 3.13. The van der Waals surface area contributed by atoms with E-state index in [-0.39, 0.29) is 25.5 Å². The molecule has 4 aromatic rings. The van der Waals surface area contributed by atoms with Crippen molar-refractivity contribution in [2.24, 2.45) is 0 Å². The number of nitrogens with zero attached hydrogens (tertiary/aromatic N) is 1. The fourth-order valence-electron chi connectivity index (χ4n) is 4.15. The molecule has 10 heteroatoms. The van der Waals surface area contributed by atoms with E-state index in [0.717, 1.165) is 5.56 Å². The van der Waals surface area contributed by atoms with Gasteiger partial charge in [-0.1, -0.05) is 23.7 Å². The van der Waals surface area contributed by atoms with E-state index in [1.165, 1.54) is 18.2 Å². The van der Waals surface area contributed by atoms with Gasteiger partial charge in [0.25, 0.3) is 0 Å². The van der Waals surface area contributed by atoms with Crippen molar-refractivity contribution in [2.75, 3.05) is 13.2 Å². The molecule has 0 spiro atoms. The number of alkyl halides is 3. The SMILES string of the molecule is CCOC(=O)COc1cccc(Cn2c(C)c(C(=O)c3ccc(Cl)cc3)c3ccc(OC(F)(F)F)cc32)c1. The molecule has 0 amide bonds. The lowest BCUT2D eigenvalue weighted by Gasteiger charge is -2.12. The van der Waals surface area contributed by atoms with E-state index in [1.54, 1.807) is 66.9 Å². The summed E-state index contributed by atoms with van der Waals surface area (Å²) in [5.74, 6) is -0.782. The highest BCUT2D eigenvalue weighted by Gasteiger charge is 2.31. The molecule has 4 rings (SSSR count). The molecular formula is C28H23ClF3NO5. The van der Waals surface area contributed by atoms with Gasteiger partial charge in [-0.25, -0.2) is 4.79 Å². The molecule has 0 saturated carbocycles. The Balaban J connectivity index is 1.75. The second kappa shape index (κ2) is 11.2. The summed E-state index contributed by atoms with van der Waals surface area (Å²) in [5.41, 5.74) is 2.43. The Morgan fingerprint density at radius 1 is 0.974 bits per heavy atom. The second-order valence-electron chi connectivity index (χ2n) is 8.35. The van der Waals surface area contributed by atoms with Gasteiger partial charge in [0.2, 0.25) is 0 Å². The lowest BCUT2D eigenvalue weighted by Crippen LogP contribution is -2.17. The summed E-state index contributed by atoms with van der Waals surface area (Å²) in [5, 5.41) is 0.950. The number of carbonyl (C=O) groups is 2. The molecule has 0 unspecified atom stereocenters. The van der Waals surface area contributed by atoms with Gasteiger partial charge in [-0.2, -0.15) is 0 Å². The zero-order valence-corrected chi connectivity index (χ0v) is 21.2. The highest BCUT2D eigenvalue weighted by atomic mass is 35.5. The molecule has 3 aromatic carbocycles. The van der Waals surface area contributed by atoms with Crippen molar-refractivity contribution in [3.05, 3.63) is 94.1 Å². The van der Waals surface area contributed by atoms with E-state index in [1.807, 2.05) is 0 Å². The molecule has 38 heavy (non-hydrogen) atoms. The van der Waals surface area contributed by atoms with Crippen LogP contribution < -0.4 is 9.47 Å². The summed E-state index contributed by atoms with van der Waals surface area (Å²) < 4.78 is 55.1. The number of hydrogen-bond acceptors (Lipinski definition) is 5. The van der Waals surface area contributed by atoms with Crippen LogP contribution in [0.1, 0.15) is 34.1 Å². The quantitative estimate of drug-likeness (QED) is 0.172. The van der Waals surface area contributed by atoms with Crippen molar-refractivity contribution >= 4 is 34.3 Å². The third-order valence-electron chi connectivity index (χ3n) is 5.76. The zero-order chi connectivity index (χ0) is 27.4. The molecular weight excluding hydrogens is 523 g/mol. The Hall–Kier alpha value is -3.98. The van der Waals surface area contributed by atoms with Crippen LogP contribution in [0.5, 0.6) is 11.5 Å². The normalized spacial score (nSPS) is 11.4. The fourth-order valence-corrected chi connectivity index (χ4v) is 4.28. The maximum atomic E-state index is 13.5. The number of aromatic nitrogens is 1. The van der Waals surface area contributed by atoms with Crippen LogP contribution in [0.4, 0.5) is 13.2 Å². The molecule has 0 radical (unpaired) electrons. The summed E-state index contributed by atoms with van der Waals surface area (Å²) >= 11 is 5.96. The van der Waals surface area contributed by atoms with Crippen LogP contribution >= 0.6 is 11.6 Å². The van der Waals surface area contributed by atoms with Crippen LogP contribution in [0.25, 0.3) is 10.9 Å². The summed E-state index contributed by atoms with van der Waals surface area (Å²) in [6.45, 7) is 3.61. The maximum Gasteiger partial charge on any atom is 0.573 e. The van der Waals surface area contributed by atoms with Crippen molar-refractivity contribution in [1.29, 1.82) is 0 Å². The first-order valence-electron chi connectivity index (χ1n) is 11.6. The Labute approximate surface area is 221 Å². The number of fused-ring (bicyclic) bond motifs is 1. The number of ether oxygens (including phenoxy) is 3. The van der Waals surface area contributed by atoms with Gasteiger partial charge < -0.3 is 18.8 Å². The van der Waals surface area contributed by atoms with Crippen LogP contribution in [0.15, 0.2) is 66.7 Å². The second-order valence-corrected chi connectivity index (χ2v) is 8.79. The minimum Gasteiger partial charge on any atom is -0.482 e. The molecule has 0 bridgehead atoms. The highest BCUT2D eigenvalue weighted by molar-refractivity contribution is 6.30. The summed E-state index contributed by atoms with van der Waals surface area (Å²) in [6, 6.07) is 17.2. The molecule has 1 heterocycles. The van der Waals surface area contributed by atoms with Gasteiger partial charge in [0.05, 0.1) is 17.7 Å². The highest BCUT2D eigenvalue weighted by Crippen LogP contribution is 2.34. The Kier molecular flexibility index (Phi) is 7.97. The minimum absolute atomic E-state index is 0.211. The number of benzene rings is 3. The van der Waals surface area contributed by atoms with Gasteiger partial charge in [-0.05, 0) is 67.9 Å². The largest absolute Gasteiger partial charge is 0.573 e. The van der Waals surface area contributed by atoms with Gasteiger partial charge in [-0.3, -0.25) is 4.79 Å². The van der Waals surface area contributed by atoms with Crippen molar-refractivity contribution in [3.63, 3.8) is 0 Å².